The zero-order valence-corrected chi connectivity index (χ0v) is 13.6. The first-order valence-corrected chi connectivity index (χ1v) is 7.98. The summed E-state index contributed by atoms with van der Waals surface area (Å²) in [6.07, 6.45) is 4.48. The van der Waals surface area contributed by atoms with Crippen LogP contribution in [0, 0.1) is 5.92 Å². The lowest BCUT2D eigenvalue weighted by Gasteiger charge is -2.12. The van der Waals surface area contributed by atoms with Crippen molar-refractivity contribution in [2.75, 3.05) is 20.3 Å². The quantitative estimate of drug-likeness (QED) is 0.710. The summed E-state index contributed by atoms with van der Waals surface area (Å²) in [7, 11) is 1.77. The Morgan fingerprint density at radius 2 is 2.05 bits per heavy atom. The fraction of sp³-hybridized carbons (Fsp3) is 0.556. The van der Waals surface area contributed by atoms with Crippen LogP contribution in [0.25, 0.3) is 10.9 Å². The van der Waals surface area contributed by atoms with Crippen LogP contribution in [0.5, 0.6) is 0 Å². The van der Waals surface area contributed by atoms with Crippen LogP contribution < -0.4 is 5.32 Å². The second-order valence-corrected chi connectivity index (χ2v) is 6.09. The molecule has 1 aromatic carbocycles. The molecule has 0 saturated heterocycles. The van der Waals surface area contributed by atoms with Crippen molar-refractivity contribution >= 4 is 10.9 Å². The van der Waals surface area contributed by atoms with Crippen LogP contribution in [0.15, 0.2) is 30.5 Å². The summed E-state index contributed by atoms with van der Waals surface area (Å²) in [6, 6.07) is 8.82. The minimum atomic E-state index is 0.685. The van der Waals surface area contributed by atoms with Gasteiger partial charge in [0.2, 0.25) is 0 Å². The van der Waals surface area contributed by atoms with E-state index >= 15 is 0 Å². The number of nitrogens with one attached hydrogen (secondary N) is 1. The number of aromatic nitrogens is 1. The SMILES string of the molecule is COCCCCn1ccc2cccc(CNCC(C)C)c21. The van der Waals surface area contributed by atoms with Gasteiger partial charge in [0, 0.05) is 33.0 Å². The van der Waals surface area contributed by atoms with Crippen LogP contribution in [-0.2, 0) is 17.8 Å². The zero-order chi connectivity index (χ0) is 15.1. The van der Waals surface area contributed by atoms with E-state index in [1.165, 1.54) is 16.5 Å². The molecule has 0 amide bonds. The van der Waals surface area contributed by atoms with E-state index in [0.29, 0.717) is 5.92 Å². The van der Waals surface area contributed by atoms with Crippen molar-refractivity contribution in [3.63, 3.8) is 0 Å². The molecule has 1 aromatic heterocycles. The number of methoxy groups -OCH3 is 1. The maximum Gasteiger partial charge on any atom is 0.0525 e. The summed E-state index contributed by atoms with van der Waals surface area (Å²) < 4.78 is 7.51. The zero-order valence-electron chi connectivity index (χ0n) is 13.6. The van der Waals surface area contributed by atoms with Gasteiger partial charge in [-0.05, 0) is 42.3 Å². The van der Waals surface area contributed by atoms with E-state index in [2.05, 4.69) is 54.2 Å². The number of hydrogen-bond acceptors (Lipinski definition) is 2. The number of rotatable bonds is 9. The van der Waals surface area contributed by atoms with E-state index in [0.717, 1.165) is 39.1 Å². The summed E-state index contributed by atoms with van der Waals surface area (Å²) in [5, 5.41) is 4.89. The first-order chi connectivity index (χ1) is 10.2. The van der Waals surface area contributed by atoms with Gasteiger partial charge in [-0.3, -0.25) is 0 Å². The van der Waals surface area contributed by atoms with Crippen LogP contribution in [0.3, 0.4) is 0 Å². The van der Waals surface area contributed by atoms with E-state index < -0.39 is 0 Å². The van der Waals surface area contributed by atoms with Crippen LogP contribution in [0.4, 0.5) is 0 Å². The van der Waals surface area contributed by atoms with Gasteiger partial charge in [0.05, 0.1) is 5.52 Å². The topological polar surface area (TPSA) is 26.2 Å². The van der Waals surface area contributed by atoms with Crippen molar-refractivity contribution in [3.05, 3.63) is 36.0 Å². The molecular weight excluding hydrogens is 260 g/mol. The normalized spacial score (nSPS) is 11.6. The van der Waals surface area contributed by atoms with Gasteiger partial charge >= 0.3 is 0 Å². The molecule has 0 fully saturated rings. The Kier molecular flexibility index (Phi) is 6.27. The average Bonchev–Trinajstić information content (AvgIpc) is 2.87. The number of benzene rings is 1. The van der Waals surface area contributed by atoms with Gasteiger partial charge < -0.3 is 14.6 Å². The third kappa shape index (κ3) is 4.58. The Morgan fingerprint density at radius 1 is 1.19 bits per heavy atom. The van der Waals surface area contributed by atoms with Crippen molar-refractivity contribution in [1.82, 2.24) is 9.88 Å². The number of ether oxygens (including phenoxy) is 1. The molecule has 0 bridgehead atoms. The van der Waals surface area contributed by atoms with Gasteiger partial charge in [-0.1, -0.05) is 32.0 Å². The molecule has 0 saturated carbocycles. The van der Waals surface area contributed by atoms with Gasteiger partial charge in [0.25, 0.3) is 0 Å². The highest BCUT2D eigenvalue weighted by Crippen LogP contribution is 2.21. The lowest BCUT2D eigenvalue weighted by molar-refractivity contribution is 0.191. The van der Waals surface area contributed by atoms with Crippen molar-refractivity contribution in [3.8, 4) is 0 Å². The first-order valence-electron chi connectivity index (χ1n) is 7.98. The lowest BCUT2D eigenvalue weighted by Crippen LogP contribution is -2.19. The lowest BCUT2D eigenvalue weighted by atomic mass is 10.1. The second-order valence-electron chi connectivity index (χ2n) is 6.09. The number of para-hydroxylation sites is 1. The van der Waals surface area contributed by atoms with Crippen LogP contribution in [0.1, 0.15) is 32.3 Å². The average molecular weight is 288 g/mol. The number of nitrogens with zero attached hydrogens (tertiary/aromatic N) is 1. The van der Waals surface area contributed by atoms with Crippen LogP contribution in [-0.4, -0.2) is 24.8 Å². The molecule has 0 aliphatic heterocycles. The summed E-state index contributed by atoms with van der Waals surface area (Å²) in [5.74, 6) is 0.685. The van der Waals surface area contributed by atoms with E-state index in [-0.39, 0.29) is 0 Å². The maximum atomic E-state index is 5.13. The molecule has 2 aromatic rings. The molecule has 3 heteroatoms. The van der Waals surface area contributed by atoms with Crippen LogP contribution >= 0.6 is 0 Å². The molecule has 0 radical (unpaired) electrons. The monoisotopic (exact) mass is 288 g/mol. The standard InChI is InChI=1S/C18H28N2O/c1-15(2)13-19-14-17-8-6-7-16-9-11-20(18(16)17)10-4-5-12-21-3/h6-9,11,15,19H,4-5,10,12-14H2,1-3H3. The van der Waals surface area contributed by atoms with Crippen molar-refractivity contribution < 1.29 is 4.74 Å². The molecular formula is C18H28N2O. The Labute approximate surface area is 128 Å². The molecule has 0 atom stereocenters. The second kappa shape index (κ2) is 8.20. The molecule has 0 aliphatic rings. The first kappa shape index (κ1) is 16.1. The molecule has 21 heavy (non-hydrogen) atoms. The minimum absolute atomic E-state index is 0.685. The number of unbranched alkanes of at least 4 members (excludes halogenated alkanes) is 1. The predicted molar refractivity (Wildman–Crippen MR) is 89.6 cm³/mol. The number of fused-ring (bicyclic) bond motifs is 1. The van der Waals surface area contributed by atoms with Gasteiger partial charge in [0.15, 0.2) is 0 Å². The molecule has 0 unspecified atom stereocenters. The van der Waals surface area contributed by atoms with Gasteiger partial charge in [-0.15, -0.1) is 0 Å². The summed E-state index contributed by atoms with van der Waals surface area (Å²) >= 11 is 0. The highest BCUT2D eigenvalue weighted by Gasteiger charge is 2.06. The summed E-state index contributed by atoms with van der Waals surface area (Å²) in [6.45, 7) is 8.40. The molecule has 116 valence electrons. The minimum Gasteiger partial charge on any atom is -0.385 e. The highest BCUT2D eigenvalue weighted by atomic mass is 16.5. The van der Waals surface area contributed by atoms with Gasteiger partial charge in [0.1, 0.15) is 0 Å². The Hall–Kier alpha value is -1.32. The molecule has 1 N–H and O–H groups in total. The van der Waals surface area contributed by atoms with E-state index in [1.54, 1.807) is 7.11 Å². The highest BCUT2D eigenvalue weighted by molar-refractivity contribution is 5.83. The third-order valence-electron chi connectivity index (χ3n) is 3.74. The largest absolute Gasteiger partial charge is 0.385 e. The van der Waals surface area contributed by atoms with Crippen molar-refractivity contribution in [2.45, 2.75) is 39.8 Å². The van der Waals surface area contributed by atoms with Crippen molar-refractivity contribution in [2.24, 2.45) is 5.92 Å². The molecule has 3 nitrogen and oxygen atoms in total. The van der Waals surface area contributed by atoms with Gasteiger partial charge in [-0.2, -0.15) is 0 Å². The van der Waals surface area contributed by atoms with Gasteiger partial charge in [-0.25, -0.2) is 0 Å². The Bertz CT molecular complexity index is 545. The Morgan fingerprint density at radius 3 is 2.81 bits per heavy atom. The summed E-state index contributed by atoms with van der Waals surface area (Å²) in [5.41, 5.74) is 2.77. The molecule has 1 heterocycles. The fourth-order valence-electron chi connectivity index (χ4n) is 2.69. The number of hydrogen-bond donors (Lipinski definition) is 1. The Balaban J connectivity index is 2.07. The van der Waals surface area contributed by atoms with Crippen LogP contribution in [0.2, 0.25) is 0 Å². The summed E-state index contributed by atoms with van der Waals surface area (Å²) in [4.78, 5) is 0. The molecule has 0 aliphatic carbocycles. The number of aryl methyl sites for hydroxylation is 1. The van der Waals surface area contributed by atoms with Crippen molar-refractivity contribution in [1.29, 1.82) is 0 Å². The van der Waals surface area contributed by atoms with E-state index in [9.17, 15) is 0 Å². The smallest absolute Gasteiger partial charge is 0.0525 e. The third-order valence-corrected chi connectivity index (χ3v) is 3.74. The van der Waals surface area contributed by atoms with E-state index in [1.807, 2.05) is 0 Å². The fourth-order valence-corrected chi connectivity index (χ4v) is 2.69. The molecule has 2 rings (SSSR count). The predicted octanol–water partition coefficient (Wildman–Crippen LogP) is 3.81. The maximum absolute atomic E-state index is 5.13. The molecule has 0 spiro atoms. The van der Waals surface area contributed by atoms with E-state index in [4.69, 9.17) is 4.74 Å².